The predicted octanol–water partition coefficient (Wildman–Crippen LogP) is 2.59. The number of piperidine rings is 1. The van der Waals surface area contributed by atoms with Gasteiger partial charge in [-0.1, -0.05) is 6.42 Å². The third-order valence-electron chi connectivity index (χ3n) is 4.90. The molecule has 0 aliphatic carbocycles. The van der Waals surface area contributed by atoms with Crippen molar-refractivity contribution in [3.05, 3.63) is 29.6 Å². The van der Waals surface area contributed by atoms with Crippen molar-refractivity contribution < 1.29 is 9.13 Å². The first-order valence-electron chi connectivity index (χ1n) is 8.04. The molecule has 0 radical (unpaired) electrons. The van der Waals surface area contributed by atoms with Crippen LogP contribution in [0.1, 0.15) is 31.7 Å². The molecular formula is C17H25FN2O. The van der Waals surface area contributed by atoms with E-state index in [1.165, 1.54) is 25.3 Å². The topological polar surface area (TPSA) is 24.5 Å². The highest BCUT2D eigenvalue weighted by Crippen LogP contribution is 2.30. The Bertz CT molecular complexity index is 494. The van der Waals surface area contributed by atoms with Crippen molar-refractivity contribution in [2.75, 3.05) is 20.1 Å². The molecule has 1 fully saturated rings. The minimum Gasteiger partial charge on any atom is -0.488 e. The second-order valence-corrected chi connectivity index (χ2v) is 6.33. The average molecular weight is 292 g/mol. The van der Waals surface area contributed by atoms with Crippen LogP contribution in [0, 0.1) is 5.82 Å². The molecule has 1 saturated heterocycles. The van der Waals surface area contributed by atoms with Gasteiger partial charge in [0.15, 0.2) is 0 Å². The van der Waals surface area contributed by atoms with E-state index in [9.17, 15) is 4.39 Å². The number of halogens is 1. The molecule has 3 unspecified atom stereocenters. The summed E-state index contributed by atoms with van der Waals surface area (Å²) in [6, 6.07) is 5.92. The van der Waals surface area contributed by atoms with Crippen molar-refractivity contribution in [2.24, 2.45) is 0 Å². The van der Waals surface area contributed by atoms with Crippen molar-refractivity contribution in [1.82, 2.24) is 10.2 Å². The fraction of sp³-hybridized carbons (Fsp3) is 0.647. The Hall–Kier alpha value is -1.13. The van der Waals surface area contributed by atoms with Crippen LogP contribution in [0.5, 0.6) is 5.75 Å². The third-order valence-corrected chi connectivity index (χ3v) is 4.90. The summed E-state index contributed by atoms with van der Waals surface area (Å²) in [5.74, 6) is 0.689. The third kappa shape index (κ3) is 3.22. The number of fused-ring (bicyclic) bond motifs is 1. The number of likely N-dealkylation sites (N-methyl/N-ethyl adjacent to an activating group) is 1. The number of ether oxygens (including phenoxy) is 1. The van der Waals surface area contributed by atoms with Crippen molar-refractivity contribution in [3.8, 4) is 5.75 Å². The molecule has 3 nitrogen and oxygen atoms in total. The van der Waals surface area contributed by atoms with Gasteiger partial charge in [0.25, 0.3) is 0 Å². The molecule has 2 aliphatic rings. The quantitative estimate of drug-likeness (QED) is 0.923. The normalized spacial score (nSPS) is 27.2. The molecule has 0 spiro atoms. The van der Waals surface area contributed by atoms with Gasteiger partial charge in [-0.3, -0.25) is 4.90 Å². The lowest BCUT2D eigenvalue weighted by atomic mass is 9.95. The minimum atomic E-state index is -0.169. The number of likely N-dealkylation sites (tertiary alicyclic amines) is 1. The smallest absolute Gasteiger partial charge is 0.123 e. The summed E-state index contributed by atoms with van der Waals surface area (Å²) in [6.45, 7) is 4.33. The van der Waals surface area contributed by atoms with Crippen molar-refractivity contribution in [2.45, 2.75) is 50.8 Å². The summed E-state index contributed by atoms with van der Waals surface area (Å²) in [6.07, 6.45) is 4.80. The average Bonchev–Trinajstić information content (AvgIpc) is 2.88. The van der Waals surface area contributed by atoms with E-state index in [0.717, 1.165) is 30.8 Å². The van der Waals surface area contributed by atoms with Crippen LogP contribution in [-0.2, 0) is 6.42 Å². The molecule has 3 atom stereocenters. The Labute approximate surface area is 126 Å². The van der Waals surface area contributed by atoms with Gasteiger partial charge >= 0.3 is 0 Å². The van der Waals surface area contributed by atoms with Crippen molar-refractivity contribution in [1.29, 1.82) is 0 Å². The Balaban J connectivity index is 1.64. The molecule has 0 bridgehead atoms. The molecule has 21 heavy (non-hydrogen) atoms. The Kier molecular flexibility index (Phi) is 4.45. The lowest BCUT2D eigenvalue weighted by molar-refractivity contribution is 0.0749. The van der Waals surface area contributed by atoms with E-state index in [1.807, 2.05) is 7.05 Å². The van der Waals surface area contributed by atoms with E-state index in [2.05, 4.69) is 17.1 Å². The molecule has 0 amide bonds. The van der Waals surface area contributed by atoms with Crippen LogP contribution in [0.3, 0.4) is 0 Å². The van der Waals surface area contributed by atoms with E-state index >= 15 is 0 Å². The van der Waals surface area contributed by atoms with Gasteiger partial charge in [-0.2, -0.15) is 0 Å². The lowest BCUT2D eigenvalue weighted by Gasteiger charge is -2.40. The Morgan fingerprint density at radius 1 is 1.43 bits per heavy atom. The van der Waals surface area contributed by atoms with Gasteiger partial charge in [-0.05, 0) is 51.6 Å². The summed E-state index contributed by atoms with van der Waals surface area (Å²) in [5.41, 5.74) is 1.01. The molecule has 1 aromatic rings. The first-order chi connectivity index (χ1) is 10.2. The number of benzene rings is 1. The summed E-state index contributed by atoms with van der Waals surface area (Å²) in [7, 11) is 2.03. The van der Waals surface area contributed by atoms with E-state index in [-0.39, 0.29) is 11.9 Å². The lowest BCUT2D eigenvalue weighted by Crippen LogP contribution is -2.52. The first kappa shape index (κ1) is 14.8. The van der Waals surface area contributed by atoms with E-state index in [1.54, 1.807) is 12.1 Å². The van der Waals surface area contributed by atoms with Crippen molar-refractivity contribution >= 4 is 0 Å². The molecule has 4 heteroatoms. The Morgan fingerprint density at radius 3 is 3.10 bits per heavy atom. The van der Waals surface area contributed by atoms with Gasteiger partial charge in [-0.25, -0.2) is 4.39 Å². The Morgan fingerprint density at radius 2 is 2.29 bits per heavy atom. The molecule has 1 aromatic carbocycles. The zero-order chi connectivity index (χ0) is 14.8. The summed E-state index contributed by atoms with van der Waals surface area (Å²) in [4.78, 5) is 2.55. The molecule has 0 saturated carbocycles. The molecule has 2 heterocycles. The molecule has 2 aliphatic heterocycles. The van der Waals surface area contributed by atoms with Gasteiger partial charge in [0.2, 0.25) is 0 Å². The number of nitrogens with one attached hydrogen (secondary N) is 1. The minimum absolute atomic E-state index is 0.159. The number of hydrogen-bond acceptors (Lipinski definition) is 3. The van der Waals surface area contributed by atoms with E-state index < -0.39 is 0 Å². The maximum absolute atomic E-state index is 13.3. The SMILES string of the molecule is CNC(C)C1CCCCN1CC1Cc2cc(F)ccc2O1. The van der Waals surface area contributed by atoms with Gasteiger partial charge in [-0.15, -0.1) is 0 Å². The van der Waals surface area contributed by atoms with E-state index in [4.69, 9.17) is 4.74 Å². The summed E-state index contributed by atoms with van der Waals surface area (Å²) in [5, 5.41) is 3.38. The van der Waals surface area contributed by atoms with Crippen LogP contribution in [0.4, 0.5) is 4.39 Å². The first-order valence-corrected chi connectivity index (χ1v) is 8.04. The second-order valence-electron chi connectivity index (χ2n) is 6.33. The van der Waals surface area contributed by atoms with E-state index in [0.29, 0.717) is 12.1 Å². The fourth-order valence-corrected chi connectivity index (χ4v) is 3.65. The monoisotopic (exact) mass is 292 g/mol. The molecule has 3 rings (SSSR count). The maximum Gasteiger partial charge on any atom is 0.123 e. The van der Waals surface area contributed by atoms with Gasteiger partial charge in [0.05, 0.1) is 0 Å². The van der Waals surface area contributed by atoms with Gasteiger partial charge in [0.1, 0.15) is 17.7 Å². The number of hydrogen-bond donors (Lipinski definition) is 1. The van der Waals surface area contributed by atoms with Crippen LogP contribution in [0.15, 0.2) is 18.2 Å². The zero-order valence-electron chi connectivity index (χ0n) is 12.9. The van der Waals surface area contributed by atoms with Crippen molar-refractivity contribution in [3.63, 3.8) is 0 Å². The number of nitrogens with zero attached hydrogens (tertiary/aromatic N) is 1. The maximum atomic E-state index is 13.3. The molecule has 116 valence electrons. The molecule has 1 N–H and O–H groups in total. The zero-order valence-corrected chi connectivity index (χ0v) is 12.9. The second kappa shape index (κ2) is 6.32. The highest BCUT2D eigenvalue weighted by molar-refractivity contribution is 5.37. The number of rotatable bonds is 4. The predicted molar refractivity (Wildman–Crippen MR) is 82.3 cm³/mol. The highest BCUT2D eigenvalue weighted by Gasteiger charge is 2.31. The highest BCUT2D eigenvalue weighted by atomic mass is 19.1. The van der Waals surface area contributed by atoms with Gasteiger partial charge in [0, 0.05) is 30.6 Å². The summed E-state index contributed by atoms with van der Waals surface area (Å²) >= 11 is 0. The molecule has 0 aromatic heterocycles. The van der Waals surface area contributed by atoms with Crippen LogP contribution in [0.25, 0.3) is 0 Å². The molecular weight excluding hydrogens is 267 g/mol. The van der Waals surface area contributed by atoms with Gasteiger partial charge < -0.3 is 10.1 Å². The summed E-state index contributed by atoms with van der Waals surface area (Å²) < 4.78 is 19.3. The van der Waals surface area contributed by atoms with Crippen LogP contribution >= 0.6 is 0 Å². The standard InChI is InChI=1S/C17H25FN2O/c1-12(19-2)16-5-3-4-8-20(16)11-15-10-13-9-14(18)6-7-17(13)21-15/h6-7,9,12,15-16,19H,3-5,8,10-11H2,1-2H3. The fourth-order valence-electron chi connectivity index (χ4n) is 3.65. The van der Waals surface area contributed by atoms with Crippen LogP contribution in [0.2, 0.25) is 0 Å². The van der Waals surface area contributed by atoms with Crippen LogP contribution < -0.4 is 10.1 Å². The van der Waals surface area contributed by atoms with Crippen LogP contribution in [-0.4, -0.2) is 43.2 Å². The largest absolute Gasteiger partial charge is 0.488 e.